The second kappa shape index (κ2) is 10.5. The number of aryl methyl sites for hydroxylation is 1. The molecule has 1 amide bonds. The van der Waals surface area contributed by atoms with E-state index in [0.717, 1.165) is 17.4 Å². The number of carbonyl (C=O) groups is 1. The van der Waals surface area contributed by atoms with Crippen molar-refractivity contribution in [1.29, 1.82) is 0 Å². The summed E-state index contributed by atoms with van der Waals surface area (Å²) in [5, 5.41) is 3.73. The van der Waals surface area contributed by atoms with E-state index >= 15 is 0 Å². The van der Waals surface area contributed by atoms with Crippen molar-refractivity contribution in [3.05, 3.63) is 56.6 Å². The number of halogens is 1. The molecule has 3 heterocycles. The number of ether oxygens (including phenoxy) is 1. The van der Waals surface area contributed by atoms with Crippen LogP contribution in [0.2, 0.25) is 5.15 Å². The van der Waals surface area contributed by atoms with Crippen molar-refractivity contribution >= 4 is 50.1 Å². The molecule has 3 aromatic rings. The summed E-state index contributed by atoms with van der Waals surface area (Å²) in [4.78, 5) is 37.2. The van der Waals surface area contributed by atoms with Gasteiger partial charge in [-0.1, -0.05) is 17.7 Å². The van der Waals surface area contributed by atoms with E-state index in [1.165, 1.54) is 6.07 Å². The summed E-state index contributed by atoms with van der Waals surface area (Å²) < 4.78 is 32.6. The number of carbonyl (C=O) groups excluding carboxylic acids is 1. The topological polar surface area (TPSA) is 136 Å². The van der Waals surface area contributed by atoms with Crippen molar-refractivity contribution in [3.63, 3.8) is 0 Å². The van der Waals surface area contributed by atoms with Crippen LogP contribution in [0.15, 0.2) is 29.1 Å². The molecule has 1 aliphatic heterocycles. The smallest absolute Gasteiger partial charge is 0.285 e. The molecule has 204 valence electrons. The Morgan fingerprint density at radius 3 is 2.47 bits per heavy atom. The van der Waals surface area contributed by atoms with Gasteiger partial charge >= 0.3 is 0 Å². The van der Waals surface area contributed by atoms with Crippen molar-refractivity contribution in [1.82, 2.24) is 19.3 Å². The number of amides is 1. The number of morpholine rings is 1. The molecule has 1 saturated heterocycles. The fourth-order valence-electron chi connectivity index (χ4n) is 4.75. The molecule has 1 aromatic carbocycles. The fraction of sp³-hybridized carbons (Fsp3) is 0.440. The van der Waals surface area contributed by atoms with Crippen LogP contribution in [0.25, 0.3) is 10.9 Å². The van der Waals surface area contributed by atoms with Crippen molar-refractivity contribution < 1.29 is 17.9 Å². The predicted molar refractivity (Wildman–Crippen MR) is 148 cm³/mol. The average molecular weight is 563 g/mol. The number of sulfonamides is 1. The maximum atomic E-state index is 13.5. The first-order chi connectivity index (χ1) is 17.7. The number of pyridine rings is 1. The second-order valence-electron chi connectivity index (χ2n) is 9.79. The van der Waals surface area contributed by atoms with Crippen molar-refractivity contribution in [2.24, 2.45) is 7.05 Å². The summed E-state index contributed by atoms with van der Waals surface area (Å²) >= 11 is 6.00. The number of fused-ring (bicyclic) bond motifs is 1. The molecule has 13 heteroatoms. The third-order valence-corrected chi connectivity index (χ3v) is 6.99. The first-order valence-electron chi connectivity index (χ1n) is 12.1. The molecule has 0 spiro atoms. The zero-order valence-corrected chi connectivity index (χ0v) is 23.6. The maximum absolute atomic E-state index is 13.5. The van der Waals surface area contributed by atoms with Gasteiger partial charge < -0.3 is 15.0 Å². The van der Waals surface area contributed by atoms with Crippen LogP contribution in [-0.4, -0.2) is 60.4 Å². The molecule has 11 nitrogen and oxygen atoms in total. The second-order valence-corrected chi connectivity index (χ2v) is 11.9. The zero-order valence-electron chi connectivity index (χ0n) is 22.1. The Morgan fingerprint density at radius 2 is 1.84 bits per heavy atom. The van der Waals surface area contributed by atoms with Gasteiger partial charge in [0.2, 0.25) is 16.0 Å². The van der Waals surface area contributed by atoms with Crippen molar-refractivity contribution in [2.45, 2.75) is 45.9 Å². The van der Waals surface area contributed by atoms with E-state index in [2.05, 4.69) is 15.2 Å². The molecule has 0 aliphatic carbocycles. The van der Waals surface area contributed by atoms with Crippen LogP contribution in [0.1, 0.15) is 48.4 Å². The van der Waals surface area contributed by atoms with Crippen molar-refractivity contribution in [3.8, 4) is 0 Å². The minimum absolute atomic E-state index is 0.0154. The Bertz CT molecular complexity index is 1560. The van der Waals surface area contributed by atoms with Crippen LogP contribution >= 0.6 is 11.6 Å². The van der Waals surface area contributed by atoms with E-state index in [-0.39, 0.29) is 34.3 Å². The van der Waals surface area contributed by atoms with E-state index in [1.807, 2.05) is 44.5 Å². The number of anilines is 2. The predicted octanol–water partition coefficient (Wildman–Crippen LogP) is 2.77. The highest BCUT2D eigenvalue weighted by Crippen LogP contribution is 2.29. The molecule has 38 heavy (non-hydrogen) atoms. The van der Waals surface area contributed by atoms with Gasteiger partial charge in [-0.2, -0.15) is 0 Å². The number of nitrogens with zero attached hydrogens (tertiary/aromatic N) is 4. The highest BCUT2D eigenvalue weighted by atomic mass is 35.5. The van der Waals surface area contributed by atoms with E-state index < -0.39 is 22.0 Å². The van der Waals surface area contributed by atoms with E-state index in [9.17, 15) is 18.0 Å². The van der Waals surface area contributed by atoms with Gasteiger partial charge in [0.05, 0.1) is 41.1 Å². The summed E-state index contributed by atoms with van der Waals surface area (Å²) in [6, 6.07) is 6.34. The molecule has 1 aliphatic rings. The monoisotopic (exact) mass is 562 g/mol. The zero-order chi connectivity index (χ0) is 27.9. The normalized spacial score (nSPS) is 18.9. The minimum atomic E-state index is -3.82. The molecule has 2 N–H and O–H groups in total. The molecule has 0 unspecified atom stereocenters. The first-order valence-corrected chi connectivity index (χ1v) is 14.4. The van der Waals surface area contributed by atoms with Crippen LogP contribution in [0.5, 0.6) is 0 Å². The van der Waals surface area contributed by atoms with Crippen LogP contribution in [0.4, 0.5) is 11.6 Å². The molecular formula is C25H31ClN6O5S. The van der Waals surface area contributed by atoms with Crippen LogP contribution in [0, 0.1) is 6.92 Å². The van der Waals surface area contributed by atoms with E-state index in [0.29, 0.717) is 29.9 Å². The highest BCUT2D eigenvalue weighted by Gasteiger charge is 2.27. The van der Waals surface area contributed by atoms with Gasteiger partial charge in [0.25, 0.3) is 11.5 Å². The third kappa shape index (κ3) is 5.92. The van der Waals surface area contributed by atoms with Gasteiger partial charge in [-0.3, -0.25) is 14.2 Å². The molecule has 0 saturated carbocycles. The van der Waals surface area contributed by atoms with Crippen LogP contribution in [0.3, 0.4) is 0 Å². The van der Waals surface area contributed by atoms with Gasteiger partial charge in [0, 0.05) is 25.7 Å². The molecule has 0 bridgehead atoms. The Balaban J connectivity index is 1.79. The van der Waals surface area contributed by atoms with Gasteiger partial charge in [-0.25, -0.2) is 23.1 Å². The maximum Gasteiger partial charge on any atom is 0.285 e. The van der Waals surface area contributed by atoms with Gasteiger partial charge in [-0.15, -0.1) is 0 Å². The number of rotatable bonds is 6. The lowest BCUT2D eigenvalue weighted by atomic mass is 10.0. The number of aromatic nitrogens is 3. The Morgan fingerprint density at radius 1 is 1.18 bits per heavy atom. The van der Waals surface area contributed by atoms with Gasteiger partial charge in [0.15, 0.2) is 5.69 Å². The number of hydrogen-bond acceptors (Lipinski definition) is 9. The molecule has 1 fully saturated rings. The summed E-state index contributed by atoms with van der Waals surface area (Å²) in [5.41, 5.74) is 2.06. The summed E-state index contributed by atoms with van der Waals surface area (Å²) in [6.07, 6.45) is 0.848. The first kappa shape index (κ1) is 27.8. The summed E-state index contributed by atoms with van der Waals surface area (Å²) in [6.45, 7) is 8.92. The number of benzene rings is 1. The lowest BCUT2D eigenvalue weighted by molar-refractivity contribution is -0.00591. The Hall–Kier alpha value is -3.22. The third-order valence-electron chi connectivity index (χ3n) is 6.23. The average Bonchev–Trinajstić information content (AvgIpc) is 2.80. The summed E-state index contributed by atoms with van der Waals surface area (Å²) in [7, 11) is -2.11. The quantitative estimate of drug-likeness (QED) is 0.435. The lowest BCUT2D eigenvalue weighted by Crippen LogP contribution is -2.47. The van der Waals surface area contributed by atoms with Crippen LogP contribution in [-0.2, 0) is 21.8 Å². The molecule has 3 atom stereocenters. The van der Waals surface area contributed by atoms with E-state index in [4.69, 9.17) is 21.3 Å². The molecule has 0 radical (unpaired) electrons. The molecular weight excluding hydrogens is 532 g/mol. The van der Waals surface area contributed by atoms with Gasteiger partial charge in [0.1, 0.15) is 5.15 Å². The standard InChI is InChI=1S/C25H31ClN6O5S/c1-13-9-17(16(4)27-19-7-8-20(26)28-22(19)23(33)30-38(6,35)36)21-18(10-13)24(34)31(5)25(29-21)32-11-14(2)37-15(3)12-32/h7-10,14-16,27H,11-12H2,1-6H3,(H,30,33)/t14-,15-,16+/m0/s1. The molecule has 2 aromatic heterocycles. The Kier molecular flexibility index (Phi) is 7.69. The summed E-state index contributed by atoms with van der Waals surface area (Å²) in [5.74, 6) is -0.369. The fourth-order valence-corrected chi connectivity index (χ4v) is 5.33. The number of nitrogens with one attached hydrogen (secondary N) is 2. The minimum Gasteiger partial charge on any atom is -0.377 e. The molecule has 4 rings (SSSR count). The lowest BCUT2D eigenvalue weighted by Gasteiger charge is -2.36. The largest absolute Gasteiger partial charge is 0.377 e. The number of hydrogen-bond donors (Lipinski definition) is 2. The Labute approximate surface area is 226 Å². The van der Waals surface area contributed by atoms with Gasteiger partial charge in [-0.05, 0) is 51.5 Å². The van der Waals surface area contributed by atoms with Crippen LogP contribution < -0.4 is 20.5 Å². The SMILES string of the molecule is Cc1cc([C@@H](C)Nc2ccc(Cl)nc2C(=O)NS(C)(=O)=O)c2nc(N3C[C@H](C)O[C@@H](C)C3)n(C)c(=O)c2c1. The van der Waals surface area contributed by atoms with E-state index in [1.54, 1.807) is 17.7 Å². The highest BCUT2D eigenvalue weighted by molar-refractivity contribution is 7.89. The van der Waals surface area contributed by atoms with Crippen molar-refractivity contribution in [2.75, 3.05) is 29.6 Å².